The predicted molar refractivity (Wildman–Crippen MR) is 67.1 cm³/mol. The monoisotopic (exact) mass is 247 g/mol. The number of hydrogen-bond donors (Lipinski definition) is 2. The quantitative estimate of drug-likeness (QED) is 0.858. The summed E-state index contributed by atoms with van der Waals surface area (Å²) in [6.07, 6.45) is 3.25. The lowest BCUT2D eigenvalue weighted by Crippen LogP contribution is -2.26. The highest BCUT2D eigenvalue weighted by molar-refractivity contribution is 5.92. The van der Waals surface area contributed by atoms with Crippen molar-refractivity contribution < 1.29 is 4.79 Å². The van der Waals surface area contributed by atoms with Gasteiger partial charge in [0.1, 0.15) is 5.69 Å². The van der Waals surface area contributed by atoms with E-state index in [9.17, 15) is 4.79 Å². The van der Waals surface area contributed by atoms with E-state index in [2.05, 4.69) is 20.4 Å². The first-order chi connectivity index (χ1) is 8.59. The normalized spacial score (nSPS) is 10.9. The summed E-state index contributed by atoms with van der Waals surface area (Å²) < 4.78 is 1.70. The van der Waals surface area contributed by atoms with Crippen molar-refractivity contribution in [3.8, 4) is 0 Å². The van der Waals surface area contributed by atoms with Gasteiger partial charge in [-0.1, -0.05) is 0 Å². The van der Waals surface area contributed by atoms with E-state index in [0.717, 1.165) is 11.4 Å². The van der Waals surface area contributed by atoms with Crippen molar-refractivity contribution in [3.05, 3.63) is 35.7 Å². The third-order valence-electron chi connectivity index (χ3n) is 2.74. The van der Waals surface area contributed by atoms with Crippen LogP contribution >= 0.6 is 0 Å². The van der Waals surface area contributed by atoms with E-state index < -0.39 is 0 Å². The molecule has 0 atom stereocenters. The van der Waals surface area contributed by atoms with Crippen LogP contribution in [0.1, 0.15) is 41.8 Å². The fourth-order valence-corrected chi connectivity index (χ4v) is 1.73. The van der Waals surface area contributed by atoms with Gasteiger partial charge in [-0.05, 0) is 26.8 Å². The average Bonchev–Trinajstić information content (AvgIpc) is 2.94. The number of rotatable bonds is 4. The number of carbonyl (C=O) groups excluding carboxylic acids is 1. The summed E-state index contributed by atoms with van der Waals surface area (Å²) >= 11 is 0. The van der Waals surface area contributed by atoms with Gasteiger partial charge in [0.05, 0.1) is 18.6 Å². The van der Waals surface area contributed by atoms with Gasteiger partial charge < -0.3 is 10.3 Å². The maximum Gasteiger partial charge on any atom is 0.269 e. The summed E-state index contributed by atoms with van der Waals surface area (Å²) in [5.74, 6) is -0.136. The highest BCUT2D eigenvalue weighted by Gasteiger charge is 2.14. The average molecular weight is 247 g/mol. The second-order valence-corrected chi connectivity index (χ2v) is 4.41. The van der Waals surface area contributed by atoms with Gasteiger partial charge in [-0.15, -0.1) is 0 Å². The first-order valence-electron chi connectivity index (χ1n) is 5.90. The molecule has 0 saturated carbocycles. The van der Waals surface area contributed by atoms with Gasteiger partial charge in [0, 0.05) is 17.9 Å². The Kier molecular flexibility index (Phi) is 3.45. The Bertz CT molecular complexity index is 540. The fourth-order valence-electron chi connectivity index (χ4n) is 1.73. The van der Waals surface area contributed by atoms with Crippen LogP contribution in [0.25, 0.3) is 0 Å². The van der Waals surface area contributed by atoms with E-state index in [1.807, 2.05) is 20.8 Å². The molecule has 0 radical (unpaired) electrons. The molecule has 6 heteroatoms. The zero-order valence-electron chi connectivity index (χ0n) is 10.8. The zero-order valence-corrected chi connectivity index (χ0v) is 10.8. The number of amides is 1. The number of aromatic amines is 1. The highest BCUT2D eigenvalue weighted by Crippen LogP contribution is 2.08. The van der Waals surface area contributed by atoms with Crippen LogP contribution in [0.4, 0.5) is 0 Å². The van der Waals surface area contributed by atoms with Crippen LogP contribution < -0.4 is 5.32 Å². The number of aryl methyl sites for hydroxylation is 1. The number of nitrogens with zero attached hydrogens (tertiary/aromatic N) is 3. The van der Waals surface area contributed by atoms with Crippen LogP contribution in [-0.4, -0.2) is 25.7 Å². The minimum atomic E-state index is -0.136. The molecule has 0 aliphatic heterocycles. The van der Waals surface area contributed by atoms with E-state index in [1.165, 1.54) is 0 Å². The Morgan fingerprint density at radius 2 is 2.33 bits per heavy atom. The molecular weight excluding hydrogens is 230 g/mol. The summed E-state index contributed by atoms with van der Waals surface area (Å²) in [7, 11) is 0. The Labute approximate surface area is 105 Å². The van der Waals surface area contributed by atoms with Crippen LogP contribution in [0, 0.1) is 6.92 Å². The minimum Gasteiger partial charge on any atom is -0.348 e. The van der Waals surface area contributed by atoms with Gasteiger partial charge in [0.15, 0.2) is 0 Å². The maximum absolute atomic E-state index is 12.0. The van der Waals surface area contributed by atoms with Crippen LogP contribution in [-0.2, 0) is 6.54 Å². The minimum absolute atomic E-state index is 0.136. The molecule has 6 nitrogen and oxygen atoms in total. The number of aromatic nitrogens is 4. The standard InChI is InChI=1S/C12H17N5O/c1-8(2)17-11(4-5-16-17)12(18)13-6-10-9(3)14-7-15-10/h4-5,7-8H,6H2,1-3H3,(H,13,18)(H,14,15). The van der Waals surface area contributed by atoms with Gasteiger partial charge in [0.2, 0.25) is 0 Å². The van der Waals surface area contributed by atoms with Gasteiger partial charge in [-0.25, -0.2) is 4.98 Å². The van der Waals surface area contributed by atoms with Crippen LogP contribution in [0.3, 0.4) is 0 Å². The molecule has 2 N–H and O–H groups in total. The van der Waals surface area contributed by atoms with Crippen molar-refractivity contribution in [3.63, 3.8) is 0 Å². The van der Waals surface area contributed by atoms with Crippen LogP contribution in [0.15, 0.2) is 18.6 Å². The third-order valence-corrected chi connectivity index (χ3v) is 2.74. The second kappa shape index (κ2) is 5.03. The van der Waals surface area contributed by atoms with Crippen molar-refractivity contribution in [1.29, 1.82) is 0 Å². The molecule has 0 aliphatic rings. The van der Waals surface area contributed by atoms with E-state index in [1.54, 1.807) is 23.3 Å². The largest absolute Gasteiger partial charge is 0.348 e. The summed E-state index contributed by atoms with van der Waals surface area (Å²) in [5, 5.41) is 6.97. The van der Waals surface area contributed by atoms with Crippen molar-refractivity contribution >= 4 is 5.91 Å². The third kappa shape index (κ3) is 2.42. The Balaban J connectivity index is 2.04. The lowest BCUT2D eigenvalue weighted by atomic mass is 10.3. The SMILES string of the molecule is Cc1[nH]cnc1CNC(=O)c1ccnn1C(C)C. The second-order valence-electron chi connectivity index (χ2n) is 4.41. The Morgan fingerprint density at radius 3 is 2.94 bits per heavy atom. The van der Waals surface area contributed by atoms with E-state index >= 15 is 0 Å². The highest BCUT2D eigenvalue weighted by atomic mass is 16.2. The number of H-pyrrole nitrogens is 1. The van der Waals surface area contributed by atoms with E-state index in [4.69, 9.17) is 0 Å². The molecule has 96 valence electrons. The first-order valence-corrected chi connectivity index (χ1v) is 5.90. The Morgan fingerprint density at radius 1 is 1.56 bits per heavy atom. The summed E-state index contributed by atoms with van der Waals surface area (Å²) in [6, 6.07) is 1.88. The smallest absolute Gasteiger partial charge is 0.269 e. The molecule has 0 aliphatic carbocycles. The topological polar surface area (TPSA) is 75.6 Å². The molecule has 2 heterocycles. The summed E-state index contributed by atoms with van der Waals surface area (Å²) in [5.41, 5.74) is 2.38. The molecule has 1 amide bonds. The van der Waals surface area contributed by atoms with Crippen LogP contribution in [0.2, 0.25) is 0 Å². The predicted octanol–water partition coefficient (Wildman–Crippen LogP) is 1.43. The van der Waals surface area contributed by atoms with Gasteiger partial charge in [-0.2, -0.15) is 5.10 Å². The van der Waals surface area contributed by atoms with Crippen molar-refractivity contribution in [2.75, 3.05) is 0 Å². The number of hydrogen-bond acceptors (Lipinski definition) is 3. The molecular formula is C12H17N5O. The number of nitrogens with one attached hydrogen (secondary N) is 2. The number of carbonyl (C=O) groups is 1. The van der Waals surface area contributed by atoms with Gasteiger partial charge >= 0.3 is 0 Å². The number of imidazole rings is 1. The molecule has 0 spiro atoms. The lowest BCUT2D eigenvalue weighted by Gasteiger charge is -2.10. The molecule has 2 aromatic heterocycles. The van der Waals surface area contributed by atoms with Crippen molar-refractivity contribution in [2.45, 2.75) is 33.4 Å². The van der Waals surface area contributed by atoms with Gasteiger partial charge in [-0.3, -0.25) is 9.48 Å². The molecule has 0 aromatic carbocycles. The molecule has 2 aromatic rings. The lowest BCUT2D eigenvalue weighted by molar-refractivity contribution is 0.0937. The fraction of sp³-hybridized carbons (Fsp3) is 0.417. The van der Waals surface area contributed by atoms with Crippen molar-refractivity contribution in [2.24, 2.45) is 0 Å². The molecule has 0 unspecified atom stereocenters. The Hall–Kier alpha value is -2.11. The van der Waals surface area contributed by atoms with Gasteiger partial charge in [0.25, 0.3) is 5.91 Å². The molecule has 2 rings (SSSR count). The zero-order chi connectivity index (χ0) is 13.1. The first kappa shape index (κ1) is 12.3. The van der Waals surface area contributed by atoms with Crippen LogP contribution in [0.5, 0.6) is 0 Å². The maximum atomic E-state index is 12.0. The van der Waals surface area contributed by atoms with E-state index in [0.29, 0.717) is 12.2 Å². The summed E-state index contributed by atoms with van der Waals surface area (Å²) in [4.78, 5) is 19.1. The molecule has 18 heavy (non-hydrogen) atoms. The van der Waals surface area contributed by atoms with Crippen molar-refractivity contribution in [1.82, 2.24) is 25.1 Å². The summed E-state index contributed by atoms with van der Waals surface area (Å²) in [6.45, 7) is 6.31. The molecule has 0 fully saturated rings. The molecule has 0 bridgehead atoms. The molecule has 0 saturated heterocycles. The van der Waals surface area contributed by atoms with E-state index in [-0.39, 0.29) is 11.9 Å².